The molecule has 4 rings (SSSR count). The number of aromatic nitrogens is 2. The van der Waals surface area contributed by atoms with Gasteiger partial charge < -0.3 is 9.15 Å². The highest BCUT2D eigenvalue weighted by molar-refractivity contribution is 7.21. The number of thiophene rings is 2. The van der Waals surface area contributed by atoms with E-state index in [2.05, 4.69) is 10.2 Å². The molecule has 3 aromatic heterocycles. The Kier molecular flexibility index (Phi) is 4.47. The molecule has 9 heteroatoms. The van der Waals surface area contributed by atoms with Gasteiger partial charge in [-0.05, 0) is 36.6 Å². The van der Waals surface area contributed by atoms with Crippen molar-refractivity contribution in [3.05, 3.63) is 57.3 Å². The molecule has 1 atom stereocenters. The van der Waals surface area contributed by atoms with Gasteiger partial charge in [0.15, 0.2) is 6.10 Å². The van der Waals surface area contributed by atoms with E-state index in [0.717, 1.165) is 16.2 Å². The maximum absolute atomic E-state index is 13.3. The number of nitrogens with zero attached hydrogens (tertiary/aromatic N) is 2. The normalized spacial score (nSPS) is 12.4. The molecular weight excluding hydrogens is 399 g/mol. The van der Waals surface area contributed by atoms with Crippen molar-refractivity contribution in [2.24, 2.45) is 0 Å². The third kappa shape index (κ3) is 3.11. The number of esters is 1. The monoisotopic (exact) mass is 408 g/mol. The number of benzene rings is 1. The second-order valence-corrected chi connectivity index (χ2v) is 7.73. The van der Waals surface area contributed by atoms with Crippen LogP contribution in [0.1, 0.15) is 28.6 Å². The minimum absolute atomic E-state index is 0.185. The summed E-state index contributed by atoms with van der Waals surface area (Å²) in [7, 11) is 0. The van der Waals surface area contributed by atoms with Gasteiger partial charge in [-0.15, -0.1) is 32.9 Å². The van der Waals surface area contributed by atoms with Gasteiger partial charge >= 0.3 is 5.97 Å². The zero-order valence-corrected chi connectivity index (χ0v) is 15.6. The van der Waals surface area contributed by atoms with E-state index < -0.39 is 17.9 Å². The first kappa shape index (κ1) is 17.1. The second-order valence-electron chi connectivity index (χ2n) is 5.36. The summed E-state index contributed by atoms with van der Waals surface area (Å²) < 4.78 is 24.9. The van der Waals surface area contributed by atoms with Crippen LogP contribution in [0.3, 0.4) is 0 Å². The van der Waals surface area contributed by atoms with E-state index in [1.165, 1.54) is 29.5 Å². The Morgan fingerprint density at radius 2 is 2.19 bits per heavy atom. The number of ether oxygens (including phenoxy) is 1. The zero-order chi connectivity index (χ0) is 18.3. The molecular formula is C17H10ClFN2O3S2. The molecule has 0 amide bonds. The summed E-state index contributed by atoms with van der Waals surface area (Å²) in [6.45, 7) is 1.63. The SMILES string of the molecule is C[C@@H](OC(=O)c1sc2cc(F)ccc2c1Cl)c1nnc(-c2cccs2)o1. The molecule has 26 heavy (non-hydrogen) atoms. The fraction of sp³-hybridized carbons (Fsp3) is 0.118. The molecule has 0 saturated heterocycles. The summed E-state index contributed by atoms with van der Waals surface area (Å²) in [5.41, 5.74) is 0. The van der Waals surface area contributed by atoms with Crippen LogP contribution in [0.2, 0.25) is 5.02 Å². The maximum Gasteiger partial charge on any atom is 0.350 e. The lowest BCUT2D eigenvalue weighted by molar-refractivity contribution is 0.0286. The van der Waals surface area contributed by atoms with Crippen LogP contribution in [0.25, 0.3) is 20.9 Å². The minimum atomic E-state index is -0.748. The van der Waals surface area contributed by atoms with Crippen molar-refractivity contribution in [1.82, 2.24) is 10.2 Å². The van der Waals surface area contributed by atoms with Gasteiger partial charge in [0.1, 0.15) is 10.7 Å². The van der Waals surface area contributed by atoms with Crippen LogP contribution in [-0.2, 0) is 4.74 Å². The molecule has 0 bridgehead atoms. The Morgan fingerprint density at radius 1 is 1.35 bits per heavy atom. The van der Waals surface area contributed by atoms with E-state index in [4.69, 9.17) is 20.8 Å². The van der Waals surface area contributed by atoms with E-state index in [9.17, 15) is 9.18 Å². The Morgan fingerprint density at radius 3 is 2.96 bits per heavy atom. The van der Waals surface area contributed by atoms with Crippen molar-refractivity contribution >= 4 is 50.3 Å². The van der Waals surface area contributed by atoms with Gasteiger partial charge in [0.05, 0.1) is 9.90 Å². The van der Waals surface area contributed by atoms with Gasteiger partial charge in [0.25, 0.3) is 11.8 Å². The van der Waals surface area contributed by atoms with E-state index >= 15 is 0 Å². The summed E-state index contributed by atoms with van der Waals surface area (Å²) in [5.74, 6) is -0.464. The highest BCUT2D eigenvalue weighted by atomic mass is 35.5. The van der Waals surface area contributed by atoms with Crippen LogP contribution >= 0.6 is 34.3 Å². The second kappa shape index (κ2) is 6.79. The standard InChI is InChI=1S/C17H10ClFN2O3S2/c1-8(15-20-21-16(24-15)11-3-2-6-25-11)23-17(22)14-13(18)10-5-4-9(19)7-12(10)26-14/h2-8H,1H3/t8-/m1/s1. The molecule has 5 nitrogen and oxygen atoms in total. The summed E-state index contributed by atoms with van der Waals surface area (Å²) in [4.78, 5) is 13.5. The largest absolute Gasteiger partial charge is 0.448 e. The van der Waals surface area contributed by atoms with Crippen molar-refractivity contribution in [1.29, 1.82) is 0 Å². The molecule has 0 radical (unpaired) electrons. The van der Waals surface area contributed by atoms with Gasteiger partial charge in [-0.25, -0.2) is 9.18 Å². The third-order valence-corrected chi connectivity index (χ3v) is 6.08. The third-order valence-electron chi connectivity index (χ3n) is 3.58. The minimum Gasteiger partial charge on any atom is -0.448 e. The molecule has 4 aromatic rings. The van der Waals surface area contributed by atoms with E-state index in [0.29, 0.717) is 16.0 Å². The number of carbonyl (C=O) groups is 1. The van der Waals surface area contributed by atoms with Gasteiger partial charge in [0, 0.05) is 10.1 Å². The van der Waals surface area contributed by atoms with E-state index in [1.807, 2.05) is 17.5 Å². The zero-order valence-electron chi connectivity index (χ0n) is 13.2. The Hall–Kier alpha value is -2.29. The van der Waals surface area contributed by atoms with Crippen molar-refractivity contribution in [3.8, 4) is 10.8 Å². The Balaban J connectivity index is 1.55. The van der Waals surface area contributed by atoms with Crippen LogP contribution in [-0.4, -0.2) is 16.2 Å². The molecule has 1 aromatic carbocycles. The van der Waals surface area contributed by atoms with E-state index in [-0.39, 0.29) is 15.8 Å². The van der Waals surface area contributed by atoms with Crippen molar-refractivity contribution in [2.45, 2.75) is 13.0 Å². The molecule has 0 unspecified atom stereocenters. The van der Waals surface area contributed by atoms with Crippen LogP contribution < -0.4 is 0 Å². The molecule has 0 fully saturated rings. The molecule has 0 aliphatic carbocycles. The Bertz CT molecular complexity index is 1090. The van der Waals surface area contributed by atoms with Gasteiger partial charge in [0.2, 0.25) is 0 Å². The summed E-state index contributed by atoms with van der Waals surface area (Å²) >= 11 is 8.78. The van der Waals surface area contributed by atoms with Crippen LogP contribution in [0, 0.1) is 5.82 Å². The lowest BCUT2D eigenvalue weighted by atomic mass is 10.2. The first-order valence-corrected chi connectivity index (χ1v) is 9.56. The molecule has 0 N–H and O–H groups in total. The molecule has 0 spiro atoms. The van der Waals surface area contributed by atoms with Crippen LogP contribution in [0.4, 0.5) is 4.39 Å². The van der Waals surface area contributed by atoms with Crippen molar-refractivity contribution < 1.29 is 18.3 Å². The van der Waals surface area contributed by atoms with Gasteiger partial charge in [-0.1, -0.05) is 17.7 Å². The van der Waals surface area contributed by atoms with Gasteiger partial charge in [-0.2, -0.15) is 0 Å². The topological polar surface area (TPSA) is 65.2 Å². The average Bonchev–Trinajstić information content (AvgIpc) is 3.34. The van der Waals surface area contributed by atoms with E-state index in [1.54, 1.807) is 6.92 Å². The first-order valence-electron chi connectivity index (χ1n) is 7.48. The highest BCUT2D eigenvalue weighted by Crippen LogP contribution is 2.37. The molecule has 0 aliphatic heterocycles. The number of hydrogen-bond donors (Lipinski definition) is 0. The fourth-order valence-electron chi connectivity index (χ4n) is 2.33. The fourth-order valence-corrected chi connectivity index (χ4v) is 4.39. The quantitative estimate of drug-likeness (QED) is 0.404. The molecule has 3 heterocycles. The van der Waals surface area contributed by atoms with Crippen molar-refractivity contribution in [2.75, 3.05) is 0 Å². The predicted molar refractivity (Wildman–Crippen MR) is 98.2 cm³/mol. The lowest BCUT2D eigenvalue weighted by Gasteiger charge is -2.08. The predicted octanol–water partition coefficient (Wildman–Crippen LogP) is 5.72. The molecule has 0 aliphatic rings. The van der Waals surface area contributed by atoms with Gasteiger partial charge in [-0.3, -0.25) is 0 Å². The number of rotatable bonds is 4. The van der Waals surface area contributed by atoms with Crippen LogP contribution in [0.5, 0.6) is 0 Å². The number of fused-ring (bicyclic) bond motifs is 1. The highest BCUT2D eigenvalue weighted by Gasteiger charge is 2.24. The molecule has 132 valence electrons. The van der Waals surface area contributed by atoms with Crippen LogP contribution in [0.15, 0.2) is 40.1 Å². The smallest absolute Gasteiger partial charge is 0.350 e. The summed E-state index contributed by atoms with van der Waals surface area (Å²) in [6.07, 6.45) is -0.748. The first-order chi connectivity index (χ1) is 12.5. The maximum atomic E-state index is 13.3. The number of hydrogen-bond acceptors (Lipinski definition) is 7. The summed E-state index contributed by atoms with van der Waals surface area (Å²) in [6, 6.07) is 7.89. The number of halogens is 2. The number of carbonyl (C=O) groups excluding carboxylic acids is 1. The Labute approximate surface area is 160 Å². The molecule has 0 saturated carbocycles. The summed E-state index contributed by atoms with van der Waals surface area (Å²) in [5, 5.41) is 10.6. The average molecular weight is 409 g/mol. The lowest BCUT2D eigenvalue weighted by Crippen LogP contribution is -2.08. The van der Waals surface area contributed by atoms with Crippen molar-refractivity contribution in [3.63, 3.8) is 0 Å².